The highest BCUT2D eigenvalue weighted by Gasteiger charge is 2.14. The lowest BCUT2D eigenvalue weighted by atomic mass is 10.1. The largest absolute Gasteiger partial charge is 0.319 e. The number of nitrogens with one attached hydrogen (secondary N) is 1. The number of carbonyl (C=O) groups excluding carboxylic acids is 1. The van der Waals surface area contributed by atoms with E-state index < -0.39 is 0 Å². The molecule has 2 aromatic heterocycles. The van der Waals surface area contributed by atoms with Gasteiger partial charge in [0.15, 0.2) is 0 Å². The molecule has 2 aromatic carbocycles. The predicted molar refractivity (Wildman–Crippen MR) is 95.4 cm³/mol. The van der Waals surface area contributed by atoms with Crippen molar-refractivity contribution in [2.24, 2.45) is 0 Å². The highest BCUT2D eigenvalue weighted by atomic mass is 16.2. The van der Waals surface area contributed by atoms with Crippen molar-refractivity contribution in [3.05, 3.63) is 78.4 Å². The minimum absolute atomic E-state index is 0.0882. The second-order valence-electron chi connectivity index (χ2n) is 5.65. The second kappa shape index (κ2) is 6.16. The minimum Gasteiger partial charge on any atom is -0.319 e. The lowest BCUT2D eigenvalue weighted by Crippen LogP contribution is -2.13. The van der Waals surface area contributed by atoms with Gasteiger partial charge in [0.25, 0.3) is 11.7 Å². The Morgan fingerprint density at radius 1 is 0.920 bits per heavy atom. The van der Waals surface area contributed by atoms with Crippen LogP contribution in [0.1, 0.15) is 16.3 Å². The molecule has 4 rings (SSSR count). The number of hydrogen-bond acceptors (Lipinski definition) is 4. The van der Waals surface area contributed by atoms with Gasteiger partial charge in [0, 0.05) is 17.6 Å². The zero-order valence-electron chi connectivity index (χ0n) is 13.5. The molecule has 0 atom stereocenters. The SMILES string of the molecule is Cc1ccn2nc(C(=O)Nc3ccc(-c4ccccc4)cc3)nc2n1. The Morgan fingerprint density at radius 2 is 1.64 bits per heavy atom. The summed E-state index contributed by atoms with van der Waals surface area (Å²) in [5, 5.41) is 6.95. The Kier molecular flexibility index (Phi) is 3.70. The molecule has 0 saturated heterocycles. The van der Waals surface area contributed by atoms with Crippen LogP contribution in [0.3, 0.4) is 0 Å². The van der Waals surface area contributed by atoms with Crippen LogP contribution in [0.25, 0.3) is 16.9 Å². The summed E-state index contributed by atoms with van der Waals surface area (Å²) in [4.78, 5) is 20.8. The number of benzene rings is 2. The maximum Gasteiger partial charge on any atom is 0.295 e. The van der Waals surface area contributed by atoms with Crippen molar-refractivity contribution in [1.82, 2.24) is 19.6 Å². The van der Waals surface area contributed by atoms with E-state index in [0.29, 0.717) is 11.5 Å². The third-order valence-corrected chi connectivity index (χ3v) is 3.80. The standard InChI is InChI=1S/C19H15N5O/c1-13-11-12-24-19(20-13)22-17(23-24)18(25)21-16-9-7-15(8-10-16)14-5-3-2-4-6-14/h2-12H,1H3,(H,21,25). The molecule has 0 fully saturated rings. The molecule has 1 N–H and O–H groups in total. The van der Waals surface area contributed by atoms with Crippen molar-refractivity contribution in [2.45, 2.75) is 6.92 Å². The molecule has 4 aromatic rings. The quantitative estimate of drug-likeness (QED) is 0.625. The van der Waals surface area contributed by atoms with Crippen LogP contribution >= 0.6 is 0 Å². The van der Waals surface area contributed by atoms with Gasteiger partial charge < -0.3 is 5.32 Å². The van der Waals surface area contributed by atoms with Crippen LogP contribution in [0.2, 0.25) is 0 Å². The van der Waals surface area contributed by atoms with Gasteiger partial charge in [-0.05, 0) is 36.2 Å². The number of aryl methyl sites for hydroxylation is 1. The highest BCUT2D eigenvalue weighted by Crippen LogP contribution is 2.21. The van der Waals surface area contributed by atoms with Crippen LogP contribution in [0.4, 0.5) is 5.69 Å². The van der Waals surface area contributed by atoms with Crippen molar-refractivity contribution in [2.75, 3.05) is 5.32 Å². The first-order chi connectivity index (χ1) is 12.2. The molecule has 6 heteroatoms. The average molecular weight is 329 g/mol. The molecule has 122 valence electrons. The van der Waals surface area contributed by atoms with E-state index in [0.717, 1.165) is 16.8 Å². The lowest BCUT2D eigenvalue weighted by Gasteiger charge is -2.05. The molecular weight excluding hydrogens is 314 g/mol. The number of aromatic nitrogens is 4. The number of carbonyl (C=O) groups is 1. The number of hydrogen-bond donors (Lipinski definition) is 1. The molecule has 0 bridgehead atoms. The van der Waals surface area contributed by atoms with Crippen LogP contribution in [-0.4, -0.2) is 25.5 Å². The van der Waals surface area contributed by atoms with Gasteiger partial charge in [0.2, 0.25) is 5.82 Å². The molecular formula is C19H15N5O. The van der Waals surface area contributed by atoms with E-state index in [2.05, 4.69) is 20.4 Å². The molecule has 0 saturated carbocycles. The fourth-order valence-electron chi connectivity index (χ4n) is 2.52. The van der Waals surface area contributed by atoms with E-state index in [1.165, 1.54) is 4.52 Å². The zero-order valence-corrected chi connectivity index (χ0v) is 13.5. The topological polar surface area (TPSA) is 72.2 Å². The maximum atomic E-state index is 12.3. The van der Waals surface area contributed by atoms with Gasteiger partial charge in [0.1, 0.15) is 0 Å². The summed E-state index contributed by atoms with van der Waals surface area (Å²) in [6.45, 7) is 1.86. The Morgan fingerprint density at radius 3 is 2.40 bits per heavy atom. The van der Waals surface area contributed by atoms with Crippen molar-refractivity contribution in [1.29, 1.82) is 0 Å². The van der Waals surface area contributed by atoms with Gasteiger partial charge in [-0.1, -0.05) is 42.5 Å². The van der Waals surface area contributed by atoms with E-state index >= 15 is 0 Å². The monoisotopic (exact) mass is 329 g/mol. The van der Waals surface area contributed by atoms with Crippen molar-refractivity contribution in [3.8, 4) is 11.1 Å². The maximum absolute atomic E-state index is 12.3. The smallest absolute Gasteiger partial charge is 0.295 e. The summed E-state index contributed by atoms with van der Waals surface area (Å²) < 4.78 is 1.49. The van der Waals surface area contributed by atoms with E-state index in [1.54, 1.807) is 6.20 Å². The van der Waals surface area contributed by atoms with Crippen LogP contribution in [0, 0.1) is 6.92 Å². The van der Waals surface area contributed by atoms with Crippen LogP contribution in [-0.2, 0) is 0 Å². The van der Waals surface area contributed by atoms with Gasteiger partial charge in [-0.3, -0.25) is 4.79 Å². The van der Waals surface area contributed by atoms with E-state index in [1.807, 2.05) is 67.6 Å². The fraction of sp³-hybridized carbons (Fsp3) is 0.0526. The minimum atomic E-state index is -0.365. The number of fused-ring (bicyclic) bond motifs is 1. The summed E-state index contributed by atoms with van der Waals surface area (Å²) in [5.41, 5.74) is 3.73. The molecule has 0 aliphatic carbocycles. The average Bonchev–Trinajstić information content (AvgIpc) is 3.06. The highest BCUT2D eigenvalue weighted by molar-refractivity contribution is 6.01. The summed E-state index contributed by atoms with van der Waals surface area (Å²) >= 11 is 0. The third-order valence-electron chi connectivity index (χ3n) is 3.80. The van der Waals surface area contributed by atoms with Crippen LogP contribution in [0.5, 0.6) is 0 Å². The summed E-state index contributed by atoms with van der Waals surface area (Å²) in [6, 6.07) is 19.5. The van der Waals surface area contributed by atoms with Gasteiger partial charge in [-0.2, -0.15) is 4.98 Å². The van der Waals surface area contributed by atoms with Gasteiger partial charge in [-0.15, -0.1) is 5.10 Å². The zero-order chi connectivity index (χ0) is 17.2. The molecule has 0 aliphatic heterocycles. The van der Waals surface area contributed by atoms with Crippen molar-refractivity contribution < 1.29 is 4.79 Å². The van der Waals surface area contributed by atoms with Gasteiger partial charge in [0.05, 0.1) is 0 Å². The molecule has 6 nitrogen and oxygen atoms in total. The summed E-state index contributed by atoms with van der Waals surface area (Å²) in [5.74, 6) is 0.130. The van der Waals surface area contributed by atoms with Gasteiger partial charge in [-0.25, -0.2) is 9.50 Å². The first-order valence-corrected chi connectivity index (χ1v) is 7.86. The first kappa shape index (κ1) is 15.0. The summed E-state index contributed by atoms with van der Waals surface area (Å²) in [7, 11) is 0. The van der Waals surface area contributed by atoms with E-state index in [-0.39, 0.29) is 11.7 Å². The first-order valence-electron chi connectivity index (χ1n) is 7.86. The molecule has 0 aliphatic rings. The third kappa shape index (κ3) is 3.10. The number of amides is 1. The van der Waals surface area contributed by atoms with Crippen molar-refractivity contribution in [3.63, 3.8) is 0 Å². The Bertz CT molecular complexity index is 1040. The summed E-state index contributed by atoms with van der Waals surface area (Å²) in [6.07, 6.45) is 1.73. The van der Waals surface area contributed by atoms with Gasteiger partial charge >= 0.3 is 0 Å². The van der Waals surface area contributed by atoms with Crippen LogP contribution < -0.4 is 5.32 Å². The Labute approximate surface area is 144 Å². The lowest BCUT2D eigenvalue weighted by molar-refractivity contribution is 0.101. The molecule has 0 radical (unpaired) electrons. The number of anilines is 1. The normalized spacial score (nSPS) is 10.8. The molecule has 1 amide bonds. The Balaban J connectivity index is 1.53. The molecule has 25 heavy (non-hydrogen) atoms. The van der Waals surface area contributed by atoms with Crippen LogP contribution in [0.15, 0.2) is 66.9 Å². The van der Waals surface area contributed by atoms with E-state index in [4.69, 9.17) is 0 Å². The second-order valence-corrected chi connectivity index (χ2v) is 5.65. The predicted octanol–water partition coefficient (Wildman–Crippen LogP) is 3.35. The fourth-order valence-corrected chi connectivity index (χ4v) is 2.52. The Hall–Kier alpha value is -3.54. The molecule has 2 heterocycles. The molecule has 0 spiro atoms. The van der Waals surface area contributed by atoms with Crippen molar-refractivity contribution >= 4 is 17.4 Å². The van der Waals surface area contributed by atoms with E-state index in [9.17, 15) is 4.79 Å². The number of nitrogens with zero attached hydrogens (tertiary/aromatic N) is 4. The number of rotatable bonds is 3. The molecule has 0 unspecified atom stereocenters.